The number of rotatable bonds is 4. The first kappa shape index (κ1) is 15.3. The van der Waals surface area contributed by atoms with Gasteiger partial charge in [-0.15, -0.1) is 0 Å². The molecule has 1 aromatic rings. The van der Waals surface area contributed by atoms with Gasteiger partial charge in [-0.1, -0.05) is 0 Å². The molecule has 8 heteroatoms. The first-order valence-corrected chi connectivity index (χ1v) is 7.60. The molecule has 3 heterocycles. The standard InChI is InChI=1S/C14H22N4O4/c1-17-13(18-4-2-15-3-5-18)8-12(16-14(17)19)22-10-11-9-20-6-7-21-11/h8,11,15H,2-7,9-10H2,1H3. The van der Waals surface area contributed by atoms with Crippen molar-refractivity contribution in [3.8, 4) is 5.88 Å². The lowest BCUT2D eigenvalue weighted by molar-refractivity contribution is -0.102. The Labute approximate surface area is 129 Å². The van der Waals surface area contributed by atoms with E-state index in [0.29, 0.717) is 32.3 Å². The molecule has 2 aliphatic heterocycles. The summed E-state index contributed by atoms with van der Waals surface area (Å²) in [4.78, 5) is 18.1. The molecular formula is C14H22N4O4. The van der Waals surface area contributed by atoms with E-state index < -0.39 is 0 Å². The summed E-state index contributed by atoms with van der Waals surface area (Å²) < 4.78 is 18.0. The average Bonchev–Trinajstić information content (AvgIpc) is 2.57. The van der Waals surface area contributed by atoms with E-state index in [0.717, 1.165) is 32.0 Å². The maximum Gasteiger partial charge on any atom is 0.352 e. The van der Waals surface area contributed by atoms with Gasteiger partial charge in [0.25, 0.3) is 0 Å². The molecule has 122 valence electrons. The second kappa shape index (κ2) is 7.08. The van der Waals surface area contributed by atoms with Gasteiger partial charge in [0.15, 0.2) is 0 Å². The fourth-order valence-corrected chi connectivity index (χ4v) is 2.59. The first-order chi connectivity index (χ1) is 10.7. The van der Waals surface area contributed by atoms with E-state index in [1.54, 1.807) is 11.6 Å². The summed E-state index contributed by atoms with van der Waals surface area (Å²) in [6.45, 7) is 5.56. The zero-order valence-electron chi connectivity index (χ0n) is 12.8. The maximum absolute atomic E-state index is 12.0. The summed E-state index contributed by atoms with van der Waals surface area (Å²) in [7, 11) is 1.73. The molecule has 0 spiro atoms. The number of anilines is 1. The molecule has 3 rings (SSSR count). The topological polar surface area (TPSA) is 77.8 Å². The highest BCUT2D eigenvalue weighted by atomic mass is 16.6. The summed E-state index contributed by atoms with van der Waals surface area (Å²) in [6, 6.07) is 1.82. The van der Waals surface area contributed by atoms with Gasteiger partial charge in [-0.05, 0) is 0 Å². The van der Waals surface area contributed by atoms with Gasteiger partial charge in [0.1, 0.15) is 18.5 Å². The van der Waals surface area contributed by atoms with Gasteiger partial charge in [-0.25, -0.2) is 4.79 Å². The first-order valence-electron chi connectivity index (χ1n) is 7.60. The molecule has 22 heavy (non-hydrogen) atoms. The molecular weight excluding hydrogens is 288 g/mol. The summed E-state index contributed by atoms with van der Waals surface area (Å²) in [5, 5.41) is 3.29. The van der Waals surface area contributed by atoms with Crippen LogP contribution in [0.1, 0.15) is 0 Å². The molecule has 0 aliphatic carbocycles. The van der Waals surface area contributed by atoms with Crippen LogP contribution in [0.5, 0.6) is 5.88 Å². The van der Waals surface area contributed by atoms with Crippen molar-refractivity contribution < 1.29 is 14.2 Å². The lowest BCUT2D eigenvalue weighted by Gasteiger charge is -2.30. The third-order valence-electron chi connectivity index (χ3n) is 3.83. The summed E-state index contributed by atoms with van der Waals surface area (Å²) in [5.74, 6) is 1.17. The van der Waals surface area contributed by atoms with Crippen molar-refractivity contribution >= 4 is 5.82 Å². The number of aromatic nitrogens is 2. The number of ether oxygens (including phenoxy) is 3. The normalized spacial score (nSPS) is 22.6. The Bertz CT molecular complexity index is 550. The smallest absolute Gasteiger partial charge is 0.352 e. The van der Waals surface area contributed by atoms with Crippen LogP contribution < -0.4 is 20.6 Å². The molecule has 1 N–H and O–H groups in total. The predicted molar refractivity (Wildman–Crippen MR) is 80.6 cm³/mol. The Morgan fingerprint density at radius 3 is 2.95 bits per heavy atom. The molecule has 0 aromatic carbocycles. The second-order valence-corrected chi connectivity index (χ2v) is 5.41. The van der Waals surface area contributed by atoms with Crippen molar-refractivity contribution in [2.75, 3.05) is 57.5 Å². The van der Waals surface area contributed by atoms with Crippen LogP contribution in [0.4, 0.5) is 5.82 Å². The molecule has 2 aliphatic rings. The zero-order valence-corrected chi connectivity index (χ0v) is 12.8. The number of nitrogens with zero attached hydrogens (tertiary/aromatic N) is 3. The third kappa shape index (κ3) is 3.57. The molecule has 1 unspecified atom stereocenters. The zero-order chi connectivity index (χ0) is 15.4. The van der Waals surface area contributed by atoms with Crippen molar-refractivity contribution in [1.29, 1.82) is 0 Å². The molecule has 1 aromatic heterocycles. The Kier molecular flexibility index (Phi) is 4.91. The van der Waals surface area contributed by atoms with Crippen LogP contribution in [0, 0.1) is 0 Å². The van der Waals surface area contributed by atoms with Crippen molar-refractivity contribution in [1.82, 2.24) is 14.9 Å². The number of piperazine rings is 1. The Morgan fingerprint density at radius 1 is 1.41 bits per heavy atom. The molecule has 0 amide bonds. The van der Waals surface area contributed by atoms with E-state index >= 15 is 0 Å². The van der Waals surface area contributed by atoms with Crippen molar-refractivity contribution in [2.24, 2.45) is 7.05 Å². The minimum absolute atomic E-state index is 0.109. The van der Waals surface area contributed by atoms with Crippen molar-refractivity contribution in [3.63, 3.8) is 0 Å². The van der Waals surface area contributed by atoms with E-state index in [-0.39, 0.29) is 11.8 Å². The van der Waals surface area contributed by atoms with Gasteiger partial charge in [-0.2, -0.15) is 4.98 Å². The fraction of sp³-hybridized carbons (Fsp3) is 0.714. The third-order valence-corrected chi connectivity index (χ3v) is 3.83. The quantitative estimate of drug-likeness (QED) is 0.763. The second-order valence-electron chi connectivity index (χ2n) is 5.41. The minimum Gasteiger partial charge on any atom is -0.475 e. The van der Waals surface area contributed by atoms with Gasteiger partial charge in [0, 0.05) is 39.3 Å². The van der Waals surface area contributed by atoms with Crippen LogP contribution in [0.2, 0.25) is 0 Å². The molecule has 2 fully saturated rings. The van der Waals surface area contributed by atoms with Gasteiger partial charge >= 0.3 is 5.69 Å². The lowest BCUT2D eigenvalue weighted by atomic mass is 10.3. The van der Waals surface area contributed by atoms with Crippen molar-refractivity contribution in [3.05, 3.63) is 16.6 Å². The Balaban J connectivity index is 1.71. The van der Waals surface area contributed by atoms with Gasteiger partial charge in [0.05, 0.1) is 19.8 Å². The maximum atomic E-state index is 12.0. The highest BCUT2D eigenvalue weighted by molar-refractivity contribution is 5.42. The van der Waals surface area contributed by atoms with Crippen LogP contribution >= 0.6 is 0 Å². The van der Waals surface area contributed by atoms with Crippen LogP contribution in [-0.2, 0) is 16.5 Å². The minimum atomic E-state index is -0.313. The molecule has 1 atom stereocenters. The van der Waals surface area contributed by atoms with Crippen LogP contribution in [0.25, 0.3) is 0 Å². The average molecular weight is 310 g/mol. The molecule has 0 saturated carbocycles. The Hall–Kier alpha value is -1.64. The lowest BCUT2D eigenvalue weighted by Crippen LogP contribution is -2.45. The van der Waals surface area contributed by atoms with Gasteiger partial charge in [-0.3, -0.25) is 4.57 Å². The van der Waals surface area contributed by atoms with E-state index in [1.165, 1.54) is 0 Å². The van der Waals surface area contributed by atoms with Crippen LogP contribution in [0.3, 0.4) is 0 Å². The van der Waals surface area contributed by atoms with Gasteiger partial charge in [0.2, 0.25) is 5.88 Å². The van der Waals surface area contributed by atoms with Gasteiger partial charge < -0.3 is 24.4 Å². The van der Waals surface area contributed by atoms with Crippen LogP contribution in [0.15, 0.2) is 10.9 Å². The molecule has 0 bridgehead atoms. The van der Waals surface area contributed by atoms with Crippen LogP contribution in [-0.4, -0.2) is 68.3 Å². The van der Waals surface area contributed by atoms with E-state index in [4.69, 9.17) is 14.2 Å². The number of hydrogen-bond acceptors (Lipinski definition) is 7. The fourth-order valence-electron chi connectivity index (χ4n) is 2.59. The summed E-state index contributed by atoms with van der Waals surface area (Å²) in [6.07, 6.45) is -0.109. The molecule has 2 saturated heterocycles. The summed E-state index contributed by atoms with van der Waals surface area (Å²) >= 11 is 0. The largest absolute Gasteiger partial charge is 0.475 e. The molecule has 8 nitrogen and oxygen atoms in total. The summed E-state index contributed by atoms with van der Waals surface area (Å²) in [5.41, 5.74) is -0.313. The number of hydrogen-bond donors (Lipinski definition) is 1. The highest BCUT2D eigenvalue weighted by Crippen LogP contribution is 2.17. The Morgan fingerprint density at radius 2 is 2.23 bits per heavy atom. The highest BCUT2D eigenvalue weighted by Gasteiger charge is 2.18. The van der Waals surface area contributed by atoms with E-state index in [9.17, 15) is 4.79 Å². The number of nitrogens with one attached hydrogen (secondary N) is 1. The predicted octanol–water partition coefficient (Wildman–Crippen LogP) is -1.02. The SMILES string of the molecule is Cn1c(N2CCNCC2)cc(OCC2COCCO2)nc1=O. The van der Waals surface area contributed by atoms with Crippen molar-refractivity contribution in [2.45, 2.75) is 6.10 Å². The van der Waals surface area contributed by atoms with E-state index in [1.807, 2.05) is 6.07 Å². The van der Waals surface area contributed by atoms with E-state index in [2.05, 4.69) is 15.2 Å². The molecule has 0 radical (unpaired) electrons. The monoisotopic (exact) mass is 310 g/mol.